The average Bonchev–Trinajstić information content (AvgIpc) is 2.88. The van der Waals surface area contributed by atoms with E-state index in [2.05, 4.69) is 10.1 Å². The number of hydrogen-bond donors (Lipinski definition) is 1. The molecule has 0 aliphatic rings. The smallest absolute Gasteiger partial charge is 0.325 e. The Hall–Kier alpha value is -3.29. The number of aromatic nitrogens is 4. The van der Waals surface area contributed by atoms with E-state index in [-0.39, 0.29) is 18.0 Å². The van der Waals surface area contributed by atoms with Gasteiger partial charge in [-0.15, -0.1) is 0 Å². The molecule has 1 aromatic carbocycles. The number of aliphatic carboxylic acids is 1. The van der Waals surface area contributed by atoms with E-state index >= 15 is 0 Å². The highest BCUT2D eigenvalue weighted by Gasteiger charge is 2.19. The molecule has 25 heavy (non-hydrogen) atoms. The summed E-state index contributed by atoms with van der Waals surface area (Å²) in [6.07, 6.45) is 3.00. The molecule has 0 bridgehead atoms. The van der Waals surface area contributed by atoms with Crippen molar-refractivity contribution in [2.75, 3.05) is 0 Å². The fourth-order valence-electron chi connectivity index (χ4n) is 2.82. The van der Waals surface area contributed by atoms with Crippen LogP contribution in [0.25, 0.3) is 22.0 Å². The minimum Gasteiger partial charge on any atom is -0.711 e. The molecule has 0 amide bonds. The van der Waals surface area contributed by atoms with Gasteiger partial charge in [-0.05, 0) is 30.2 Å². The zero-order valence-corrected chi connectivity index (χ0v) is 14.0. The van der Waals surface area contributed by atoms with Crippen molar-refractivity contribution in [3.63, 3.8) is 0 Å². The Morgan fingerprint density at radius 2 is 2.00 bits per heavy atom. The summed E-state index contributed by atoms with van der Waals surface area (Å²) in [5.41, 5.74) is 2.86. The summed E-state index contributed by atoms with van der Waals surface area (Å²) in [4.78, 5) is 27.0. The van der Waals surface area contributed by atoms with Gasteiger partial charge in [-0.3, -0.25) is 14.3 Å². The molecule has 2 aromatic heterocycles. The Bertz CT molecular complexity index is 1020. The molecule has 0 saturated heterocycles. The summed E-state index contributed by atoms with van der Waals surface area (Å²) in [5.74, 6) is -0.968. The number of hydrogen-bond acceptors (Lipinski definition) is 5. The van der Waals surface area contributed by atoms with Crippen LogP contribution in [0.15, 0.2) is 24.5 Å². The molecule has 0 saturated carbocycles. The van der Waals surface area contributed by atoms with E-state index in [1.165, 1.54) is 17.8 Å². The molecule has 8 nitrogen and oxygen atoms in total. The molecule has 128 valence electrons. The molecule has 0 spiro atoms. The highest BCUT2D eigenvalue weighted by Crippen LogP contribution is 2.29. The standard InChI is InChI=1S/C17H16N4O4/c1-9-4-12(13-6-18-11(3)21(25)7-13)5-14-16(10(2)22)19-20(17(9)14)8-15(23)24/h4-7H,8H2,1-3H3,(H,23,24). The van der Waals surface area contributed by atoms with Gasteiger partial charge >= 0.3 is 5.97 Å². The molecule has 0 atom stereocenters. The summed E-state index contributed by atoms with van der Waals surface area (Å²) in [7, 11) is 0. The van der Waals surface area contributed by atoms with Crippen LogP contribution in [0.5, 0.6) is 0 Å². The van der Waals surface area contributed by atoms with Gasteiger partial charge in [0.05, 0.1) is 11.1 Å². The lowest BCUT2D eigenvalue weighted by molar-refractivity contribution is -0.615. The van der Waals surface area contributed by atoms with Crippen molar-refractivity contribution >= 4 is 22.7 Å². The number of aryl methyl sites for hydroxylation is 2. The largest absolute Gasteiger partial charge is 0.711 e. The van der Waals surface area contributed by atoms with Crippen molar-refractivity contribution in [3.8, 4) is 11.1 Å². The number of carboxylic acid groups (broad SMARTS) is 1. The zero-order valence-electron chi connectivity index (χ0n) is 14.0. The van der Waals surface area contributed by atoms with Crippen LogP contribution in [-0.4, -0.2) is 31.6 Å². The van der Waals surface area contributed by atoms with E-state index in [9.17, 15) is 14.8 Å². The third kappa shape index (κ3) is 2.93. The second-order valence-corrected chi connectivity index (χ2v) is 5.86. The Morgan fingerprint density at radius 1 is 1.28 bits per heavy atom. The van der Waals surface area contributed by atoms with E-state index < -0.39 is 5.97 Å². The first-order chi connectivity index (χ1) is 11.8. The highest BCUT2D eigenvalue weighted by atomic mass is 16.5. The van der Waals surface area contributed by atoms with Crippen LogP contribution in [0.2, 0.25) is 0 Å². The minimum atomic E-state index is -1.04. The number of ketones is 1. The number of benzene rings is 1. The van der Waals surface area contributed by atoms with Crippen molar-refractivity contribution < 1.29 is 19.4 Å². The molecule has 8 heteroatoms. The van der Waals surface area contributed by atoms with Crippen LogP contribution in [0, 0.1) is 19.1 Å². The molecule has 0 aliphatic carbocycles. The van der Waals surface area contributed by atoms with Crippen LogP contribution in [0.4, 0.5) is 0 Å². The summed E-state index contributed by atoms with van der Waals surface area (Å²) >= 11 is 0. The zero-order chi connectivity index (χ0) is 18.3. The molecule has 0 fully saturated rings. The maximum atomic E-state index is 11.9. The Balaban J connectivity index is 2.27. The van der Waals surface area contributed by atoms with E-state index in [1.54, 1.807) is 19.2 Å². The van der Waals surface area contributed by atoms with Crippen LogP contribution in [-0.2, 0) is 11.3 Å². The van der Waals surface area contributed by atoms with Crippen molar-refractivity contribution in [1.29, 1.82) is 0 Å². The molecule has 0 unspecified atom stereocenters. The molecular formula is C17H16N4O4. The monoisotopic (exact) mass is 340 g/mol. The van der Waals surface area contributed by atoms with Crippen molar-refractivity contribution in [2.45, 2.75) is 27.3 Å². The number of carbonyl (C=O) groups excluding carboxylic acids is 1. The lowest BCUT2D eigenvalue weighted by Gasteiger charge is -2.08. The van der Waals surface area contributed by atoms with Crippen LogP contribution in [0.3, 0.4) is 0 Å². The SMILES string of the molecule is CC(=O)c1nn(CC(=O)O)c2c(C)cc(-c3cnc(C)[n+]([O-])c3)cc12. The second-order valence-electron chi connectivity index (χ2n) is 5.86. The predicted octanol–water partition coefficient (Wildman–Crippen LogP) is 1.64. The quantitative estimate of drug-likeness (QED) is 0.439. The van der Waals surface area contributed by atoms with Crippen LogP contribution < -0.4 is 4.73 Å². The fraction of sp³-hybridized carbons (Fsp3) is 0.235. The Morgan fingerprint density at radius 3 is 2.60 bits per heavy atom. The highest BCUT2D eigenvalue weighted by molar-refractivity contribution is 6.06. The minimum absolute atomic E-state index is 0.205. The van der Waals surface area contributed by atoms with Gasteiger partial charge in [-0.2, -0.15) is 5.10 Å². The van der Waals surface area contributed by atoms with Crippen molar-refractivity contribution in [1.82, 2.24) is 14.8 Å². The Kier molecular flexibility index (Phi) is 3.96. The molecule has 2 heterocycles. The summed E-state index contributed by atoms with van der Waals surface area (Å²) in [6, 6.07) is 3.55. The number of fused-ring (bicyclic) bond motifs is 1. The third-order valence-corrected chi connectivity index (χ3v) is 3.95. The van der Waals surface area contributed by atoms with Crippen LogP contribution in [0.1, 0.15) is 28.8 Å². The maximum absolute atomic E-state index is 11.9. The number of rotatable bonds is 4. The van der Waals surface area contributed by atoms with Gasteiger partial charge in [0.25, 0.3) is 5.82 Å². The molecule has 3 aromatic rings. The first kappa shape index (κ1) is 16.6. The summed E-state index contributed by atoms with van der Waals surface area (Å²) in [5, 5.41) is 25.6. The first-order valence-corrected chi connectivity index (χ1v) is 7.58. The number of carbonyl (C=O) groups is 2. The van der Waals surface area contributed by atoms with Gasteiger partial charge < -0.3 is 10.3 Å². The van der Waals surface area contributed by atoms with E-state index in [0.29, 0.717) is 32.6 Å². The van der Waals surface area contributed by atoms with E-state index in [0.717, 1.165) is 5.56 Å². The van der Waals surface area contributed by atoms with E-state index in [4.69, 9.17) is 5.11 Å². The molecule has 3 rings (SSSR count). The van der Waals surface area contributed by atoms with Gasteiger partial charge in [0, 0.05) is 19.2 Å². The normalized spacial score (nSPS) is 11.0. The Labute approximate surface area is 142 Å². The number of Topliss-reactive ketones (excluding diaryl/α,β-unsaturated/α-hetero) is 1. The van der Waals surface area contributed by atoms with Crippen molar-refractivity contribution in [3.05, 3.63) is 46.8 Å². The summed E-state index contributed by atoms with van der Waals surface area (Å²) < 4.78 is 1.99. The topological polar surface area (TPSA) is 112 Å². The summed E-state index contributed by atoms with van der Waals surface area (Å²) in [6.45, 7) is 4.46. The van der Waals surface area contributed by atoms with Gasteiger partial charge in [0.1, 0.15) is 18.4 Å². The van der Waals surface area contributed by atoms with E-state index in [1.807, 2.05) is 13.0 Å². The van der Waals surface area contributed by atoms with Crippen LogP contribution >= 0.6 is 0 Å². The van der Waals surface area contributed by atoms with Gasteiger partial charge in [0.2, 0.25) is 0 Å². The fourth-order valence-corrected chi connectivity index (χ4v) is 2.82. The number of nitrogens with zero attached hydrogens (tertiary/aromatic N) is 4. The average molecular weight is 340 g/mol. The third-order valence-electron chi connectivity index (χ3n) is 3.95. The van der Waals surface area contributed by atoms with Gasteiger partial charge in [-0.25, -0.2) is 4.73 Å². The van der Waals surface area contributed by atoms with Crippen molar-refractivity contribution in [2.24, 2.45) is 0 Å². The first-order valence-electron chi connectivity index (χ1n) is 7.58. The van der Waals surface area contributed by atoms with Gasteiger partial charge in [0.15, 0.2) is 12.0 Å². The second kappa shape index (κ2) is 5.97. The number of carboxylic acids is 1. The molecular weight excluding hydrogens is 324 g/mol. The predicted molar refractivity (Wildman–Crippen MR) is 89.0 cm³/mol. The lowest BCUT2D eigenvalue weighted by Crippen LogP contribution is -2.30. The molecule has 1 N–H and O–H groups in total. The molecule has 0 radical (unpaired) electrons. The lowest BCUT2D eigenvalue weighted by atomic mass is 10.0. The molecule has 0 aliphatic heterocycles. The van der Waals surface area contributed by atoms with Gasteiger partial charge in [-0.1, -0.05) is 4.98 Å². The maximum Gasteiger partial charge on any atom is 0.325 e.